The lowest BCUT2D eigenvalue weighted by molar-refractivity contribution is 0.101. The maximum atomic E-state index is 14.8. The fraction of sp³-hybridized carbons (Fsp3) is 0.281. The molecule has 3 aromatic carbocycles. The highest BCUT2D eigenvalue weighted by Gasteiger charge is 2.31. The maximum absolute atomic E-state index is 14.8. The molecule has 0 saturated carbocycles. The summed E-state index contributed by atoms with van der Waals surface area (Å²) in [6.45, 7) is 0.423. The molecule has 0 fully saturated rings. The molecule has 1 atom stereocenters. The largest absolute Gasteiger partial charge is 0.496 e. The van der Waals surface area contributed by atoms with Crippen molar-refractivity contribution in [3.63, 3.8) is 0 Å². The second kappa shape index (κ2) is 12.3. The highest BCUT2D eigenvalue weighted by molar-refractivity contribution is 7.88. The van der Waals surface area contributed by atoms with Gasteiger partial charge in [-0.3, -0.25) is 9.59 Å². The molecule has 1 amide bonds. The summed E-state index contributed by atoms with van der Waals surface area (Å²) in [7, 11) is -0.331. The number of fused-ring (bicyclic) bond motifs is 2. The summed E-state index contributed by atoms with van der Waals surface area (Å²) in [5.74, 6) is -1.16. The normalized spacial score (nSPS) is 16.1. The molecule has 1 aliphatic carbocycles. The van der Waals surface area contributed by atoms with Crippen LogP contribution in [0.5, 0.6) is 11.5 Å². The third-order valence-electron chi connectivity index (χ3n) is 8.43. The van der Waals surface area contributed by atoms with Crippen molar-refractivity contribution in [3.05, 3.63) is 92.2 Å². The van der Waals surface area contributed by atoms with E-state index in [0.29, 0.717) is 54.1 Å². The van der Waals surface area contributed by atoms with Crippen molar-refractivity contribution in [3.8, 4) is 22.6 Å². The first-order valence-corrected chi connectivity index (χ1v) is 16.9. The molecule has 0 bridgehead atoms. The Labute approximate surface area is 275 Å². The molecule has 1 unspecified atom stereocenters. The first kappa shape index (κ1) is 32.0. The number of amides is 1. The zero-order chi connectivity index (χ0) is 32.9. The lowest BCUT2D eigenvalue weighted by Crippen LogP contribution is -2.35. The molecule has 1 N–H and O–H groups in total. The standard InChI is InChI=1S/C32H29Cl2FN4O6S/c1-38-24-12-13-39(46(3,42)43)15-23(24)36-31(38)32(41)37-22-9-5-8-20(28(22)33)17-6-4-7-19-18(17)10-11-25(19)45-27-14-26(44-2)21(16-40)30(35)29(27)34/h4-9,14,16,25H,10-13,15H2,1-3H3,(H,37,41). The van der Waals surface area contributed by atoms with Crippen LogP contribution in [0.15, 0.2) is 42.5 Å². The third-order valence-corrected chi connectivity index (χ3v) is 10.4. The van der Waals surface area contributed by atoms with E-state index in [0.717, 1.165) is 28.6 Å². The minimum Gasteiger partial charge on any atom is -0.496 e. The van der Waals surface area contributed by atoms with Gasteiger partial charge in [0.1, 0.15) is 22.6 Å². The molecule has 2 heterocycles. The number of aromatic nitrogens is 2. The van der Waals surface area contributed by atoms with Crippen molar-refractivity contribution >= 4 is 51.1 Å². The molecule has 240 valence electrons. The van der Waals surface area contributed by atoms with Crippen LogP contribution in [-0.2, 0) is 36.5 Å². The van der Waals surface area contributed by atoms with E-state index in [1.165, 1.54) is 17.5 Å². The SMILES string of the molecule is COc1cc(OC2CCc3c(-c4cccc(NC(=O)c5nc6c(n5C)CCN(S(C)(=O)=O)C6)c4Cl)cccc32)c(Cl)c(F)c1C=O. The number of halogens is 3. The smallest absolute Gasteiger partial charge is 0.291 e. The molecular formula is C32H29Cl2FN4O6S. The Balaban J connectivity index is 1.27. The van der Waals surface area contributed by atoms with Gasteiger partial charge in [0.2, 0.25) is 10.0 Å². The zero-order valence-electron chi connectivity index (χ0n) is 25.1. The van der Waals surface area contributed by atoms with E-state index in [-0.39, 0.29) is 34.5 Å². The van der Waals surface area contributed by atoms with Gasteiger partial charge in [-0.15, -0.1) is 0 Å². The number of aldehydes is 1. The molecular weight excluding hydrogens is 658 g/mol. The van der Waals surface area contributed by atoms with Crippen molar-refractivity contribution in [1.82, 2.24) is 13.9 Å². The summed E-state index contributed by atoms with van der Waals surface area (Å²) in [4.78, 5) is 29.2. The van der Waals surface area contributed by atoms with Crippen molar-refractivity contribution in [1.29, 1.82) is 0 Å². The zero-order valence-corrected chi connectivity index (χ0v) is 27.4. The number of nitrogens with zero attached hydrogens (tertiary/aromatic N) is 3. The Morgan fingerprint density at radius 2 is 1.85 bits per heavy atom. The summed E-state index contributed by atoms with van der Waals surface area (Å²) >= 11 is 13.1. The molecule has 0 radical (unpaired) electrons. The van der Waals surface area contributed by atoms with E-state index in [2.05, 4.69) is 10.3 Å². The minimum absolute atomic E-state index is 0.0195. The van der Waals surface area contributed by atoms with Gasteiger partial charge in [0.15, 0.2) is 17.9 Å². The number of anilines is 1. The van der Waals surface area contributed by atoms with Crippen LogP contribution in [-0.4, -0.2) is 54.4 Å². The molecule has 0 spiro atoms. The van der Waals surface area contributed by atoms with Crippen LogP contribution in [0, 0.1) is 5.82 Å². The first-order valence-electron chi connectivity index (χ1n) is 14.3. The molecule has 1 aromatic heterocycles. The number of methoxy groups -OCH3 is 1. The number of hydrogen-bond acceptors (Lipinski definition) is 7. The second-order valence-electron chi connectivity index (χ2n) is 11.1. The van der Waals surface area contributed by atoms with Gasteiger partial charge >= 0.3 is 0 Å². The second-order valence-corrected chi connectivity index (χ2v) is 13.8. The number of rotatable bonds is 8. The van der Waals surface area contributed by atoms with Crippen LogP contribution in [0.3, 0.4) is 0 Å². The topological polar surface area (TPSA) is 120 Å². The van der Waals surface area contributed by atoms with Crippen molar-refractivity contribution in [2.24, 2.45) is 7.05 Å². The highest BCUT2D eigenvalue weighted by atomic mass is 35.5. The Hall–Kier alpha value is -3.97. The fourth-order valence-electron chi connectivity index (χ4n) is 6.11. The number of nitrogens with one attached hydrogen (secondary N) is 1. The van der Waals surface area contributed by atoms with E-state index in [4.69, 9.17) is 32.7 Å². The fourth-order valence-corrected chi connectivity index (χ4v) is 7.36. The van der Waals surface area contributed by atoms with Crippen LogP contribution in [0.1, 0.15) is 56.0 Å². The van der Waals surface area contributed by atoms with Crippen molar-refractivity contribution in [2.45, 2.75) is 31.9 Å². The number of carbonyl (C=O) groups is 2. The number of imidazole rings is 1. The molecule has 14 heteroatoms. The summed E-state index contributed by atoms with van der Waals surface area (Å²) < 4.78 is 53.2. The van der Waals surface area contributed by atoms with Crippen LogP contribution < -0.4 is 14.8 Å². The number of benzene rings is 3. The van der Waals surface area contributed by atoms with Crippen LogP contribution in [0.25, 0.3) is 11.1 Å². The van der Waals surface area contributed by atoms with Gasteiger partial charge in [-0.2, -0.15) is 4.31 Å². The quantitative estimate of drug-likeness (QED) is 0.226. The third kappa shape index (κ3) is 5.63. The van der Waals surface area contributed by atoms with Gasteiger partial charge in [0, 0.05) is 37.3 Å². The van der Waals surface area contributed by atoms with Crippen LogP contribution >= 0.6 is 23.2 Å². The van der Waals surface area contributed by atoms with E-state index in [1.807, 2.05) is 24.3 Å². The number of sulfonamides is 1. The average molecular weight is 688 g/mol. The predicted molar refractivity (Wildman–Crippen MR) is 172 cm³/mol. The molecule has 10 nitrogen and oxygen atoms in total. The number of carbonyl (C=O) groups excluding carboxylic acids is 2. The van der Waals surface area contributed by atoms with E-state index in [1.54, 1.807) is 23.7 Å². The summed E-state index contributed by atoms with van der Waals surface area (Å²) in [5, 5.41) is 2.89. The van der Waals surface area contributed by atoms with E-state index < -0.39 is 27.9 Å². The molecule has 46 heavy (non-hydrogen) atoms. The Bertz CT molecular complexity index is 2020. The molecule has 2 aliphatic rings. The molecule has 1 aliphatic heterocycles. The average Bonchev–Trinajstić information content (AvgIpc) is 3.60. The van der Waals surface area contributed by atoms with Gasteiger partial charge < -0.3 is 19.4 Å². The monoisotopic (exact) mass is 686 g/mol. The Morgan fingerprint density at radius 1 is 1.11 bits per heavy atom. The van der Waals surface area contributed by atoms with Crippen molar-refractivity contribution in [2.75, 3.05) is 25.2 Å². The summed E-state index contributed by atoms with van der Waals surface area (Å²) in [6, 6.07) is 12.5. The number of hydrogen-bond donors (Lipinski definition) is 1. The van der Waals surface area contributed by atoms with Gasteiger partial charge in [-0.05, 0) is 35.6 Å². The Kier molecular flexibility index (Phi) is 8.57. The van der Waals surface area contributed by atoms with Crippen molar-refractivity contribution < 1.29 is 31.9 Å². The minimum atomic E-state index is -3.39. The summed E-state index contributed by atoms with van der Waals surface area (Å²) in [6.07, 6.45) is 2.71. The lowest BCUT2D eigenvalue weighted by Gasteiger charge is -2.24. The Morgan fingerprint density at radius 3 is 2.57 bits per heavy atom. The summed E-state index contributed by atoms with van der Waals surface area (Å²) in [5.41, 5.74) is 4.86. The first-order chi connectivity index (χ1) is 21.9. The van der Waals surface area contributed by atoms with Gasteiger partial charge in [-0.1, -0.05) is 53.5 Å². The number of ether oxygens (including phenoxy) is 2. The molecule has 0 saturated heterocycles. The maximum Gasteiger partial charge on any atom is 0.291 e. The molecule has 6 rings (SSSR count). The van der Waals surface area contributed by atoms with Crippen LogP contribution in [0.2, 0.25) is 10.0 Å². The van der Waals surface area contributed by atoms with Gasteiger partial charge in [0.05, 0.1) is 41.9 Å². The van der Waals surface area contributed by atoms with Gasteiger partial charge in [-0.25, -0.2) is 17.8 Å². The predicted octanol–water partition coefficient (Wildman–Crippen LogP) is 5.99. The van der Waals surface area contributed by atoms with Crippen LogP contribution in [0.4, 0.5) is 10.1 Å². The molecule has 4 aromatic rings. The van der Waals surface area contributed by atoms with Gasteiger partial charge in [0.25, 0.3) is 5.91 Å². The lowest BCUT2D eigenvalue weighted by atomic mass is 9.96. The van der Waals surface area contributed by atoms with E-state index in [9.17, 15) is 22.4 Å². The van der Waals surface area contributed by atoms with E-state index >= 15 is 0 Å². The highest BCUT2D eigenvalue weighted by Crippen LogP contribution is 2.45.